The van der Waals surface area contributed by atoms with E-state index in [2.05, 4.69) is 15.9 Å². The molecule has 100 valence electrons. The van der Waals surface area contributed by atoms with Gasteiger partial charge in [0.1, 0.15) is 0 Å². The van der Waals surface area contributed by atoms with Gasteiger partial charge in [-0.3, -0.25) is 4.79 Å². The molecule has 1 nitrogen and oxygen atoms in total. The molecule has 0 fully saturated rings. The number of Topliss-reactive ketones (excluding diaryl/α,β-unsaturated/α-hetero) is 1. The molecule has 0 N–H and O–H groups in total. The minimum Gasteiger partial charge on any atom is -0.294 e. The zero-order valence-electron chi connectivity index (χ0n) is 10.6. The Balaban J connectivity index is 2.12. The van der Waals surface area contributed by atoms with E-state index < -0.39 is 0 Å². The molecule has 1 aromatic carbocycles. The van der Waals surface area contributed by atoms with Gasteiger partial charge < -0.3 is 0 Å². The number of hydrogen-bond donors (Lipinski definition) is 0. The summed E-state index contributed by atoms with van der Waals surface area (Å²) in [6.07, 6.45) is 7.86. The van der Waals surface area contributed by atoms with Gasteiger partial charge in [-0.05, 0) is 37.1 Å². The second-order valence-corrected chi connectivity index (χ2v) is 5.72. The summed E-state index contributed by atoms with van der Waals surface area (Å²) in [6, 6.07) is 7.16. The highest BCUT2D eigenvalue weighted by molar-refractivity contribution is 9.09. The molecular formula is C15H20BrClO. The normalized spacial score (nSPS) is 10.6. The van der Waals surface area contributed by atoms with Crippen LogP contribution in [0.25, 0.3) is 0 Å². The zero-order valence-corrected chi connectivity index (χ0v) is 13.0. The maximum Gasteiger partial charge on any atom is 0.162 e. The lowest BCUT2D eigenvalue weighted by atomic mass is 10.0. The van der Waals surface area contributed by atoms with Gasteiger partial charge in [0.25, 0.3) is 0 Å². The number of ketones is 1. The van der Waals surface area contributed by atoms with Crippen molar-refractivity contribution in [2.45, 2.75) is 44.9 Å². The van der Waals surface area contributed by atoms with Crippen LogP contribution >= 0.6 is 27.5 Å². The number of carbonyl (C=O) groups excluding carboxylic acids is 1. The minimum atomic E-state index is 0.229. The Morgan fingerprint density at radius 3 is 2.11 bits per heavy atom. The van der Waals surface area contributed by atoms with Crippen molar-refractivity contribution >= 4 is 33.3 Å². The molecule has 1 aromatic rings. The van der Waals surface area contributed by atoms with E-state index >= 15 is 0 Å². The number of hydrogen-bond acceptors (Lipinski definition) is 1. The van der Waals surface area contributed by atoms with Gasteiger partial charge in [-0.1, -0.05) is 53.2 Å². The largest absolute Gasteiger partial charge is 0.294 e. The van der Waals surface area contributed by atoms with Gasteiger partial charge in [0.2, 0.25) is 0 Å². The maximum absolute atomic E-state index is 11.8. The van der Waals surface area contributed by atoms with E-state index in [0.29, 0.717) is 11.4 Å². The molecule has 0 spiro atoms. The summed E-state index contributed by atoms with van der Waals surface area (Å²) in [5.41, 5.74) is 0.777. The SMILES string of the molecule is O=C(CCCCCCCCBr)c1ccc(Cl)cc1. The third kappa shape index (κ3) is 6.55. The number of halogens is 2. The third-order valence-electron chi connectivity index (χ3n) is 2.95. The summed E-state index contributed by atoms with van der Waals surface area (Å²) < 4.78 is 0. The van der Waals surface area contributed by atoms with Gasteiger partial charge in [0.15, 0.2) is 5.78 Å². The second-order valence-electron chi connectivity index (χ2n) is 4.49. The number of carbonyl (C=O) groups is 1. The van der Waals surface area contributed by atoms with E-state index in [-0.39, 0.29) is 5.78 Å². The molecule has 0 heterocycles. The predicted octanol–water partition coefficient (Wildman–Crippen LogP) is 5.65. The smallest absolute Gasteiger partial charge is 0.162 e. The van der Waals surface area contributed by atoms with Gasteiger partial charge in [-0.25, -0.2) is 0 Å². The van der Waals surface area contributed by atoms with E-state index in [0.717, 1.165) is 23.7 Å². The van der Waals surface area contributed by atoms with Crippen LogP contribution in [0.1, 0.15) is 55.3 Å². The van der Waals surface area contributed by atoms with E-state index in [4.69, 9.17) is 11.6 Å². The Bertz CT molecular complexity index is 348. The molecule has 0 aliphatic rings. The number of alkyl halides is 1. The Hall–Kier alpha value is -0.340. The highest BCUT2D eigenvalue weighted by atomic mass is 79.9. The molecule has 0 bridgehead atoms. The zero-order chi connectivity index (χ0) is 13.2. The Morgan fingerprint density at radius 2 is 1.50 bits per heavy atom. The first-order valence-corrected chi connectivity index (χ1v) is 8.08. The molecule has 0 unspecified atom stereocenters. The van der Waals surface area contributed by atoms with Crippen molar-refractivity contribution in [3.63, 3.8) is 0 Å². The molecule has 0 aliphatic carbocycles. The first-order valence-electron chi connectivity index (χ1n) is 6.59. The van der Waals surface area contributed by atoms with Crippen LogP contribution in [0, 0.1) is 0 Å². The van der Waals surface area contributed by atoms with Crippen LogP contribution in [0.5, 0.6) is 0 Å². The molecule has 0 saturated heterocycles. The van der Waals surface area contributed by atoms with Crippen molar-refractivity contribution in [3.8, 4) is 0 Å². The molecule has 3 heteroatoms. The van der Waals surface area contributed by atoms with E-state index in [1.54, 1.807) is 24.3 Å². The maximum atomic E-state index is 11.8. The van der Waals surface area contributed by atoms with Crippen LogP contribution in [-0.4, -0.2) is 11.1 Å². The summed E-state index contributed by atoms with van der Waals surface area (Å²) in [7, 11) is 0. The third-order valence-corrected chi connectivity index (χ3v) is 3.77. The van der Waals surface area contributed by atoms with Gasteiger partial charge in [0.05, 0.1) is 0 Å². The first-order chi connectivity index (χ1) is 8.74. The lowest BCUT2D eigenvalue weighted by molar-refractivity contribution is 0.0979. The average molecular weight is 332 g/mol. The summed E-state index contributed by atoms with van der Waals surface area (Å²) in [5, 5.41) is 1.78. The molecule has 1 rings (SSSR count). The average Bonchev–Trinajstić information content (AvgIpc) is 2.38. The van der Waals surface area contributed by atoms with Crippen LogP contribution in [0.3, 0.4) is 0 Å². The van der Waals surface area contributed by atoms with Gasteiger partial charge in [-0.2, -0.15) is 0 Å². The van der Waals surface area contributed by atoms with Crippen molar-refractivity contribution in [1.82, 2.24) is 0 Å². The van der Waals surface area contributed by atoms with Crippen LogP contribution in [0.15, 0.2) is 24.3 Å². The van der Waals surface area contributed by atoms with Crippen molar-refractivity contribution in [3.05, 3.63) is 34.9 Å². The number of unbranched alkanes of at least 4 members (excludes halogenated alkanes) is 5. The fourth-order valence-corrected chi connectivity index (χ4v) is 2.39. The number of benzene rings is 1. The Labute approximate surface area is 123 Å². The van der Waals surface area contributed by atoms with Gasteiger partial charge >= 0.3 is 0 Å². The summed E-state index contributed by atoms with van der Waals surface area (Å²) in [5.74, 6) is 0.229. The Morgan fingerprint density at radius 1 is 0.944 bits per heavy atom. The minimum absolute atomic E-state index is 0.229. The van der Waals surface area contributed by atoms with Gasteiger partial charge in [-0.15, -0.1) is 0 Å². The monoisotopic (exact) mass is 330 g/mol. The fraction of sp³-hybridized carbons (Fsp3) is 0.533. The van der Waals surface area contributed by atoms with Crippen LogP contribution in [0.4, 0.5) is 0 Å². The molecule has 0 aromatic heterocycles. The van der Waals surface area contributed by atoms with Gasteiger partial charge in [0, 0.05) is 22.3 Å². The molecule has 0 amide bonds. The molecule has 0 saturated carbocycles. The summed E-state index contributed by atoms with van der Waals surface area (Å²) >= 11 is 9.22. The van der Waals surface area contributed by atoms with Crippen LogP contribution in [-0.2, 0) is 0 Å². The van der Waals surface area contributed by atoms with Crippen molar-refractivity contribution in [2.75, 3.05) is 5.33 Å². The van der Waals surface area contributed by atoms with Crippen molar-refractivity contribution in [1.29, 1.82) is 0 Å². The summed E-state index contributed by atoms with van der Waals surface area (Å²) in [6.45, 7) is 0. The molecule has 0 atom stereocenters. The molecular weight excluding hydrogens is 312 g/mol. The van der Waals surface area contributed by atoms with Crippen LogP contribution < -0.4 is 0 Å². The first kappa shape index (κ1) is 15.7. The van der Waals surface area contributed by atoms with Crippen LogP contribution in [0.2, 0.25) is 5.02 Å². The van der Waals surface area contributed by atoms with E-state index in [1.807, 2.05) is 0 Å². The molecule has 18 heavy (non-hydrogen) atoms. The lowest BCUT2D eigenvalue weighted by Crippen LogP contribution is -1.98. The van der Waals surface area contributed by atoms with E-state index in [9.17, 15) is 4.79 Å². The summed E-state index contributed by atoms with van der Waals surface area (Å²) in [4.78, 5) is 11.8. The fourth-order valence-electron chi connectivity index (χ4n) is 1.87. The predicted molar refractivity (Wildman–Crippen MR) is 81.9 cm³/mol. The molecule has 0 radical (unpaired) electrons. The highest BCUT2D eigenvalue weighted by Gasteiger charge is 2.04. The lowest BCUT2D eigenvalue weighted by Gasteiger charge is -2.02. The standard InChI is InChI=1S/C15H20BrClO/c16-12-6-4-2-1-3-5-7-15(18)13-8-10-14(17)11-9-13/h8-11H,1-7,12H2. The Kier molecular flexibility index (Phi) is 8.36. The van der Waals surface area contributed by atoms with E-state index in [1.165, 1.54) is 25.7 Å². The van der Waals surface area contributed by atoms with Crippen molar-refractivity contribution < 1.29 is 4.79 Å². The quantitative estimate of drug-likeness (QED) is 0.325. The topological polar surface area (TPSA) is 17.1 Å². The molecule has 0 aliphatic heterocycles. The van der Waals surface area contributed by atoms with Crippen molar-refractivity contribution in [2.24, 2.45) is 0 Å². The second kappa shape index (κ2) is 9.57. The number of rotatable bonds is 9. The highest BCUT2D eigenvalue weighted by Crippen LogP contribution is 2.14.